The normalized spacial score (nSPS) is 11.6. The van der Waals surface area contributed by atoms with Crippen LogP contribution in [0.4, 0.5) is 5.69 Å². The van der Waals surface area contributed by atoms with Crippen molar-refractivity contribution in [2.75, 3.05) is 19.4 Å². The third kappa shape index (κ3) is 3.77. The van der Waals surface area contributed by atoms with Crippen LogP contribution >= 0.6 is 11.6 Å². The molecule has 0 saturated heterocycles. The molecule has 7 heteroatoms. The highest BCUT2D eigenvalue weighted by Gasteiger charge is 2.18. The summed E-state index contributed by atoms with van der Waals surface area (Å²) in [5.74, 6) is -0.349. The Bertz CT molecular complexity index is 852. The van der Waals surface area contributed by atoms with E-state index in [2.05, 4.69) is 5.32 Å². The molecule has 2 rings (SSSR count). The van der Waals surface area contributed by atoms with Crippen molar-refractivity contribution < 1.29 is 13.2 Å². The van der Waals surface area contributed by atoms with Crippen LogP contribution < -0.4 is 5.32 Å². The second-order valence-corrected chi connectivity index (χ2v) is 8.26. The third-order valence-electron chi connectivity index (χ3n) is 3.57. The predicted octanol–water partition coefficient (Wildman–Crippen LogP) is 3.46. The van der Waals surface area contributed by atoms with Crippen LogP contribution in [-0.4, -0.2) is 32.7 Å². The minimum Gasteiger partial charge on any atom is -0.320 e. The van der Waals surface area contributed by atoms with Crippen LogP contribution in [0.3, 0.4) is 0 Å². The zero-order valence-electron chi connectivity index (χ0n) is 13.9. The SMILES string of the molecule is Cc1cc(C)c(NC(=O)c2ccc(S(=O)(=O)N(C)C)cc2)c(Cl)c1. The lowest BCUT2D eigenvalue weighted by Gasteiger charge is -2.13. The van der Waals surface area contributed by atoms with Crippen LogP contribution in [0.2, 0.25) is 5.02 Å². The Morgan fingerprint density at radius 2 is 1.67 bits per heavy atom. The fourth-order valence-corrected chi connectivity index (χ4v) is 3.52. The summed E-state index contributed by atoms with van der Waals surface area (Å²) in [4.78, 5) is 12.5. The third-order valence-corrected chi connectivity index (χ3v) is 5.69. The Balaban J connectivity index is 2.26. The number of nitrogens with one attached hydrogen (secondary N) is 1. The maximum Gasteiger partial charge on any atom is 0.255 e. The molecule has 0 spiro atoms. The van der Waals surface area contributed by atoms with Crippen LogP contribution in [0.25, 0.3) is 0 Å². The van der Waals surface area contributed by atoms with Gasteiger partial charge in [0.25, 0.3) is 5.91 Å². The van der Waals surface area contributed by atoms with Crippen LogP contribution in [0.1, 0.15) is 21.5 Å². The summed E-state index contributed by atoms with van der Waals surface area (Å²) in [7, 11) is -0.603. The van der Waals surface area contributed by atoms with Gasteiger partial charge < -0.3 is 5.32 Å². The molecule has 0 heterocycles. The highest BCUT2D eigenvalue weighted by molar-refractivity contribution is 7.89. The number of carbonyl (C=O) groups excluding carboxylic acids is 1. The van der Waals surface area contributed by atoms with Crippen LogP contribution in [-0.2, 0) is 10.0 Å². The first-order chi connectivity index (χ1) is 11.1. The second-order valence-electron chi connectivity index (χ2n) is 5.70. The molecule has 0 aliphatic heterocycles. The Hall–Kier alpha value is -1.89. The van der Waals surface area contributed by atoms with Gasteiger partial charge in [-0.25, -0.2) is 12.7 Å². The van der Waals surface area contributed by atoms with E-state index in [1.54, 1.807) is 6.07 Å². The standard InChI is InChI=1S/C17H19ClN2O3S/c1-11-9-12(2)16(15(18)10-11)19-17(21)13-5-7-14(8-6-13)24(22,23)20(3)4/h5-10H,1-4H3,(H,19,21). The molecular weight excluding hydrogens is 348 g/mol. The van der Waals surface area contributed by atoms with Gasteiger partial charge in [-0.2, -0.15) is 0 Å². The summed E-state index contributed by atoms with van der Waals surface area (Å²) in [5.41, 5.74) is 2.77. The maximum atomic E-state index is 12.4. The minimum atomic E-state index is -3.52. The predicted molar refractivity (Wildman–Crippen MR) is 96.2 cm³/mol. The largest absolute Gasteiger partial charge is 0.320 e. The molecule has 1 amide bonds. The van der Waals surface area contributed by atoms with Crippen molar-refractivity contribution in [3.8, 4) is 0 Å². The van der Waals surface area contributed by atoms with E-state index in [1.807, 2.05) is 19.9 Å². The quantitative estimate of drug-likeness (QED) is 0.901. The van der Waals surface area contributed by atoms with Crippen molar-refractivity contribution in [2.45, 2.75) is 18.7 Å². The molecule has 0 aliphatic rings. The molecule has 5 nitrogen and oxygen atoms in total. The summed E-state index contributed by atoms with van der Waals surface area (Å²) in [6.45, 7) is 3.79. The minimum absolute atomic E-state index is 0.133. The Morgan fingerprint density at radius 3 is 2.17 bits per heavy atom. The smallest absolute Gasteiger partial charge is 0.255 e. The molecule has 2 aromatic carbocycles. The van der Waals surface area contributed by atoms with E-state index in [-0.39, 0.29) is 10.8 Å². The fraction of sp³-hybridized carbons (Fsp3) is 0.235. The van der Waals surface area contributed by atoms with Crippen LogP contribution in [0, 0.1) is 13.8 Å². The first kappa shape index (κ1) is 18.4. The zero-order chi connectivity index (χ0) is 18.1. The lowest BCUT2D eigenvalue weighted by atomic mass is 10.1. The van der Waals surface area contributed by atoms with Crippen molar-refractivity contribution in [3.05, 3.63) is 58.1 Å². The average molecular weight is 367 g/mol. The molecule has 0 fully saturated rings. The van der Waals surface area contributed by atoms with Gasteiger partial charge in [0.2, 0.25) is 10.0 Å². The van der Waals surface area contributed by atoms with Gasteiger partial charge >= 0.3 is 0 Å². The van der Waals surface area contributed by atoms with E-state index in [4.69, 9.17) is 11.6 Å². The first-order valence-electron chi connectivity index (χ1n) is 7.23. The number of carbonyl (C=O) groups is 1. The molecule has 0 atom stereocenters. The van der Waals surface area contributed by atoms with Crippen LogP contribution in [0.15, 0.2) is 41.3 Å². The van der Waals surface area contributed by atoms with E-state index >= 15 is 0 Å². The van der Waals surface area contributed by atoms with Gasteiger partial charge in [0.05, 0.1) is 15.6 Å². The molecule has 128 valence electrons. The number of amides is 1. The van der Waals surface area contributed by atoms with Crippen LogP contribution in [0.5, 0.6) is 0 Å². The van der Waals surface area contributed by atoms with Gasteiger partial charge in [-0.1, -0.05) is 17.7 Å². The highest BCUT2D eigenvalue weighted by Crippen LogP contribution is 2.28. The maximum absolute atomic E-state index is 12.4. The summed E-state index contributed by atoms with van der Waals surface area (Å²) >= 11 is 6.19. The number of benzene rings is 2. The van der Waals surface area contributed by atoms with Crippen molar-refractivity contribution in [3.63, 3.8) is 0 Å². The van der Waals surface area contributed by atoms with Crippen molar-refractivity contribution in [1.29, 1.82) is 0 Å². The Morgan fingerprint density at radius 1 is 1.08 bits per heavy atom. The summed E-state index contributed by atoms with van der Waals surface area (Å²) in [6.07, 6.45) is 0. The Labute approximate surface area is 147 Å². The summed E-state index contributed by atoms with van der Waals surface area (Å²) in [5, 5.41) is 3.24. The molecule has 1 N–H and O–H groups in total. The average Bonchev–Trinajstić information content (AvgIpc) is 2.50. The van der Waals surface area contributed by atoms with E-state index in [1.165, 1.54) is 38.4 Å². The number of aryl methyl sites for hydroxylation is 2. The summed E-state index contributed by atoms with van der Waals surface area (Å²) < 4.78 is 25.2. The number of rotatable bonds is 4. The molecule has 0 aromatic heterocycles. The number of halogens is 1. The fourth-order valence-electron chi connectivity index (χ4n) is 2.25. The summed E-state index contributed by atoms with van der Waals surface area (Å²) in [6, 6.07) is 9.47. The van der Waals surface area contributed by atoms with E-state index in [9.17, 15) is 13.2 Å². The van der Waals surface area contributed by atoms with E-state index in [0.29, 0.717) is 16.3 Å². The Kier molecular flexibility index (Phi) is 5.32. The number of hydrogen-bond donors (Lipinski definition) is 1. The van der Waals surface area contributed by atoms with Crippen molar-refractivity contribution in [2.24, 2.45) is 0 Å². The second kappa shape index (κ2) is 6.93. The molecule has 0 radical (unpaired) electrons. The van der Waals surface area contributed by atoms with Gasteiger partial charge in [-0.3, -0.25) is 4.79 Å². The lowest BCUT2D eigenvalue weighted by Crippen LogP contribution is -2.22. The van der Waals surface area contributed by atoms with Gasteiger partial charge in [-0.05, 0) is 55.3 Å². The monoisotopic (exact) mass is 366 g/mol. The number of sulfonamides is 1. The molecule has 0 unspecified atom stereocenters. The van der Waals surface area contributed by atoms with Gasteiger partial charge in [-0.15, -0.1) is 0 Å². The molecule has 0 bridgehead atoms. The van der Waals surface area contributed by atoms with E-state index in [0.717, 1.165) is 15.4 Å². The molecule has 0 saturated carbocycles. The molecular formula is C17H19ClN2O3S. The van der Waals surface area contributed by atoms with Gasteiger partial charge in [0.1, 0.15) is 0 Å². The number of hydrogen-bond acceptors (Lipinski definition) is 3. The van der Waals surface area contributed by atoms with Crippen molar-refractivity contribution >= 4 is 33.2 Å². The lowest BCUT2D eigenvalue weighted by molar-refractivity contribution is 0.102. The number of anilines is 1. The highest BCUT2D eigenvalue weighted by atomic mass is 35.5. The molecule has 24 heavy (non-hydrogen) atoms. The van der Waals surface area contributed by atoms with E-state index < -0.39 is 10.0 Å². The van der Waals surface area contributed by atoms with Crippen molar-refractivity contribution in [1.82, 2.24) is 4.31 Å². The topological polar surface area (TPSA) is 66.5 Å². The van der Waals surface area contributed by atoms with Gasteiger partial charge in [0.15, 0.2) is 0 Å². The number of nitrogens with zero attached hydrogens (tertiary/aromatic N) is 1. The first-order valence-corrected chi connectivity index (χ1v) is 9.05. The van der Waals surface area contributed by atoms with Gasteiger partial charge in [0, 0.05) is 19.7 Å². The molecule has 2 aromatic rings. The molecule has 0 aliphatic carbocycles. The zero-order valence-corrected chi connectivity index (χ0v) is 15.5.